The Balaban J connectivity index is 2.17. The zero-order valence-corrected chi connectivity index (χ0v) is 11.5. The van der Waals surface area contributed by atoms with Crippen LogP contribution in [0, 0.1) is 5.82 Å². The minimum Gasteiger partial charge on any atom is -0.478 e. The molecule has 0 unspecified atom stereocenters. The van der Waals surface area contributed by atoms with E-state index in [0.29, 0.717) is 0 Å². The van der Waals surface area contributed by atoms with E-state index in [2.05, 4.69) is 5.32 Å². The number of amides is 1. The standard InChI is InChI=1S/C15H11ClFNO3/c16-10-5-6-13(11(8-10)15(20)21)18-14(19)7-9-3-1-2-4-12(9)17/h1-6,8H,7H2,(H,18,19)(H,20,21). The summed E-state index contributed by atoms with van der Waals surface area (Å²) in [5.74, 6) is -2.20. The zero-order valence-electron chi connectivity index (χ0n) is 10.8. The lowest BCUT2D eigenvalue weighted by Gasteiger charge is -2.09. The minimum absolute atomic E-state index is 0.119. The molecule has 0 fully saturated rings. The summed E-state index contributed by atoms with van der Waals surface area (Å²) in [7, 11) is 0. The van der Waals surface area contributed by atoms with Crippen molar-refractivity contribution in [3.8, 4) is 0 Å². The number of rotatable bonds is 4. The molecule has 21 heavy (non-hydrogen) atoms. The van der Waals surface area contributed by atoms with E-state index in [1.165, 1.54) is 36.4 Å². The van der Waals surface area contributed by atoms with E-state index in [-0.39, 0.29) is 28.3 Å². The molecule has 0 spiro atoms. The van der Waals surface area contributed by atoms with Gasteiger partial charge in [0.25, 0.3) is 0 Å². The van der Waals surface area contributed by atoms with Gasteiger partial charge in [-0.15, -0.1) is 0 Å². The Hall–Kier alpha value is -2.40. The smallest absolute Gasteiger partial charge is 0.337 e. The van der Waals surface area contributed by atoms with E-state index in [1.54, 1.807) is 6.07 Å². The molecular weight excluding hydrogens is 297 g/mol. The van der Waals surface area contributed by atoms with Crippen LogP contribution in [0.1, 0.15) is 15.9 Å². The number of halogens is 2. The predicted octanol–water partition coefficient (Wildman–Crippen LogP) is 3.36. The van der Waals surface area contributed by atoms with Gasteiger partial charge in [0.15, 0.2) is 0 Å². The van der Waals surface area contributed by atoms with Crippen molar-refractivity contribution in [2.24, 2.45) is 0 Å². The van der Waals surface area contributed by atoms with E-state index in [9.17, 15) is 14.0 Å². The van der Waals surface area contributed by atoms with Crippen molar-refractivity contribution in [3.05, 3.63) is 64.4 Å². The van der Waals surface area contributed by atoms with Crippen LogP contribution >= 0.6 is 11.6 Å². The second-order valence-electron chi connectivity index (χ2n) is 4.31. The number of nitrogens with one attached hydrogen (secondary N) is 1. The maximum atomic E-state index is 13.5. The molecule has 0 aliphatic heterocycles. The minimum atomic E-state index is -1.21. The molecule has 108 valence electrons. The molecule has 0 radical (unpaired) electrons. The summed E-state index contributed by atoms with van der Waals surface area (Å²) in [6, 6.07) is 10.00. The van der Waals surface area contributed by atoms with Crippen molar-refractivity contribution >= 4 is 29.2 Å². The Morgan fingerprint density at radius 3 is 2.57 bits per heavy atom. The molecule has 0 heterocycles. The number of hydrogen-bond donors (Lipinski definition) is 2. The van der Waals surface area contributed by atoms with Gasteiger partial charge in [-0.25, -0.2) is 9.18 Å². The molecule has 0 aromatic heterocycles. The molecule has 4 nitrogen and oxygen atoms in total. The summed E-state index contributed by atoms with van der Waals surface area (Å²) in [6.45, 7) is 0. The van der Waals surface area contributed by atoms with Gasteiger partial charge in [-0.2, -0.15) is 0 Å². The zero-order chi connectivity index (χ0) is 15.4. The van der Waals surface area contributed by atoms with Crippen molar-refractivity contribution < 1.29 is 19.1 Å². The molecule has 2 aromatic rings. The van der Waals surface area contributed by atoms with Gasteiger partial charge in [0.1, 0.15) is 5.82 Å². The predicted molar refractivity (Wildman–Crippen MR) is 77.1 cm³/mol. The molecule has 2 aromatic carbocycles. The third kappa shape index (κ3) is 3.79. The van der Waals surface area contributed by atoms with Crippen LogP contribution in [0.4, 0.5) is 10.1 Å². The van der Waals surface area contributed by atoms with Gasteiger partial charge in [-0.3, -0.25) is 4.79 Å². The first-order valence-electron chi connectivity index (χ1n) is 6.03. The van der Waals surface area contributed by atoms with Crippen molar-refractivity contribution in [2.75, 3.05) is 5.32 Å². The van der Waals surface area contributed by atoms with Gasteiger partial charge < -0.3 is 10.4 Å². The highest BCUT2D eigenvalue weighted by Gasteiger charge is 2.14. The average molecular weight is 308 g/mol. The molecule has 2 N–H and O–H groups in total. The highest BCUT2D eigenvalue weighted by Crippen LogP contribution is 2.21. The number of benzene rings is 2. The van der Waals surface area contributed by atoms with Crippen LogP contribution in [-0.2, 0) is 11.2 Å². The monoisotopic (exact) mass is 307 g/mol. The second-order valence-corrected chi connectivity index (χ2v) is 4.75. The first-order chi connectivity index (χ1) is 9.97. The maximum absolute atomic E-state index is 13.5. The molecule has 0 saturated carbocycles. The van der Waals surface area contributed by atoms with Gasteiger partial charge in [-0.1, -0.05) is 29.8 Å². The molecule has 6 heteroatoms. The van der Waals surface area contributed by atoms with Crippen LogP contribution in [0.3, 0.4) is 0 Å². The third-order valence-corrected chi connectivity index (χ3v) is 3.03. The normalized spacial score (nSPS) is 10.2. The maximum Gasteiger partial charge on any atom is 0.337 e. The lowest BCUT2D eigenvalue weighted by molar-refractivity contribution is -0.115. The van der Waals surface area contributed by atoms with Crippen LogP contribution in [0.25, 0.3) is 0 Å². The Bertz CT molecular complexity index is 703. The van der Waals surface area contributed by atoms with E-state index in [0.717, 1.165) is 0 Å². The van der Waals surface area contributed by atoms with Crippen molar-refractivity contribution in [2.45, 2.75) is 6.42 Å². The molecule has 0 bridgehead atoms. The number of carboxylic acid groups (broad SMARTS) is 1. The quantitative estimate of drug-likeness (QED) is 0.910. The number of hydrogen-bond acceptors (Lipinski definition) is 2. The van der Waals surface area contributed by atoms with Gasteiger partial charge in [0, 0.05) is 5.02 Å². The van der Waals surface area contributed by atoms with E-state index >= 15 is 0 Å². The van der Waals surface area contributed by atoms with Crippen LogP contribution in [-0.4, -0.2) is 17.0 Å². The summed E-state index contributed by atoms with van der Waals surface area (Å²) < 4.78 is 13.5. The van der Waals surface area contributed by atoms with Gasteiger partial charge in [0.05, 0.1) is 17.7 Å². The van der Waals surface area contributed by atoms with Gasteiger partial charge in [0.2, 0.25) is 5.91 Å². The molecular formula is C15H11ClFNO3. The van der Waals surface area contributed by atoms with E-state index < -0.39 is 17.7 Å². The summed E-state index contributed by atoms with van der Waals surface area (Å²) in [4.78, 5) is 23.0. The molecule has 0 saturated heterocycles. The van der Waals surface area contributed by atoms with Crippen molar-refractivity contribution in [1.29, 1.82) is 0 Å². The number of carbonyl (C=O) groups is 2. The fraction of sp³-hybridized carbons (Fsp3) is 0.0667. The molecule has 0 aliphatic rings. The number of anilines is 1. The summed E-state index contributed by atoms with van der Waals surface area (Å²) in [5.41, 5.74) is 0.235. The SMILES string of the molecule is O=C(Cc1ccccc1F)Nc1ccc(Cl)cc1C(=O)O. The molecule has 2 rings (SSSR count). The highest BCUT2D eigenvalue weighted by atomic mass is 35.5. The van der Waals surface area contributed by atoms with E-state index in [4.69, 9.17) is 16.7 Å². The van der Waals surface area contributed by atoms with Crippen LogP contribution < -0.4 is 5.32 Å². The second kappa shape index (κ2) is 6.37. The summed E-state index contributed by atoms with van der Waals surface area (Å²) in [5, 5.41) is 11.8. The third-order valence-electron chi connectivity index (χ3n) is 2.79. The Morgan fingerprint density at radius 1 is 1.19 bits per heavy atom. The van der Waals surface area contributed by atoms with Crippen molar-refractivity contribution in [3.63, 3.8) is 0 Å². The van der Waals surface area contributed by atoms with Gasteiger partial charge in [-0.05, 0) is 29.8 Å². The lowest BCUT2D eigenvalue weighted by atomic mass is 10.1. The molecule has 0 aliphatic carbocycles. The molecule has 1 amide bonds. The fourth-order valence-corrected chi connectivity index (χ4v) is 1.98. The number of aromatic carboxylic acids is 1. The summed E-state index contributed by atoms with van der Waals surface area (Å²) in [6.07, 6.45) is -0.186. The number of carboxylic acids is 1. The first kappa shape index (κ1) is 15.0. The topological polar surface area (TPSA) is 66.4 Å². The van der Waals surface area contributed by atoms with Gasteiger partial charge >= 0.3 is 5.97 Å². The highest BCUT2D eigenvalue weighted by molar-refractivity contribution is 6.31. The van der Waals surface area contributed by atoms with Crippen LogP contribution in [0.5, 0.6) is 0 Å². The first-order valence-corrected chi connectivity index (χ1v) is 6.41. The van der Waals surface area contributed by atoms with E-state index in [1.807, 2.05) is 0 Å². The lowest BCUT2D eigenvalue weighted by Crippen LogP contribution is -2.17. The fourth-order valence-electron chi connectivity index (χ4n) is 1.81. The summed E-state index contributed by atoms with van der Waals surface area (Å²) >= 11 is 5.72. The Kier molecular flexibility index (Phi) is 4.55. The Morgan fingerprint density at radius 2 is 1.90 bits per heavy atom. The van der Waals surface area contributed by atoms with Crippen molar-refractivity contribution in [1.82, 2.24) is 0 Å². The van der Waals surface area contributed by atoms with Crippen LogP contribution in [0.2, 0.25) is 5.02 Å². The molecule has 0 atom stereocenters. The van der Waals surface area contributed by atoms with Crippen LogP contribution in [0.15, 0.2) is 42.5 Å². The largest absolute Gasteiger partial charge is 0.478 e. The average Bonchev–Trinajstić information content (AvgIpc) is 2.43. The number of carbonyl (C=O) groups excluding carboxylic acids is 1. The Labute approximate surface area is 125 Å².